The third-order valence-corrected chi connectivity index (χ3v) is 4.49. The Bertz CT molecular complexity index is 298. The summed E-state index contributed by atoms with van der Waals surface area (Å²) in [6, 6.07) is 0.432. The maximum atomic E-state index is 11.7. The van der Waals surface area contributed by atoms with Crippen LogP contribution < -0.4 is 10.6 Å². The number of piperazine rings is 1. The van der Waals surface area contributed by atoms with Crippen LogP contribution in [0.25, 0.3) is 0 Å². The molecule has 2 fully saturated rings. The summed E-state index contributed by atoms with van der Waals surface area (Å²) in [6.45, 7) is 12.3. The summed E-state index contributed by atoms with van der Waals surface area (Å²) in [4.78, 5) is 16.7. The highest BCUT2D eigenvalue weighted by atomic mass is 16.1. The molecule has 0 aromatic carbocycles. The first-order valence-electron chi connectivity index (χ1n) is 8.13. The first kappa shape index (κ1) is 15.7. The summed E-state index contributed by atoms with van der Waals surface area (Å²) < 4.78 is 0. The number of nitrogens with zero attached hydrogens (tertiary/aromatic N) is 2. The molecule has 0 spiro atoms. The average molecular weight is 282 g/mol. The highest BCUT2D eigenvalue weighted by Crippen LogP contribution is 2.27. The van der Waals surface area contributed by atoms with Gasteiger partial charge in [0.05, 0.1) is 6.54 Å². The molecule has 1 aliphatic heterocycles. The monoisotopic (exact) mass is 282 g/mol. The number of carbonyl (C=O) groups excluding carboxylic acids is 1. The molecule has 1 saturated heterocycles. The van der Waals surface area contributed by atoms with Crippen LogP contribution in [0.3, 0.4) is 0 Å². The van der Waals surface area contributed by atoms with Crippen molar-refractivity contribution in [1.29, 1.82) is 0 Å². The molecule has 1 unspecified atom stereocenters. The van der Waals surface area contributed by atoms with Crippen molar-refractivity contribution in [2.24, 2.45) is 5.92 Å². The van der Waals surface area contributed by atoms with E-state index in [4.69, 9.17) is 0 Å². The molecule has 1 atom stereocenters. The maximum Gasteiger partial charge on any atom is 0.234 e. The molecule has 2 rings (SSSR count). The fourth-order valence-electron chi connectivity index (χ4n) is 2.69. The Morgan fingerprint density at radius 2 is 1.95 bits per heavy atom. The van der Waals surface area contributed by atoms with E-state index < -0.39 is 0 Å². The second-order valence-electron chi connectivity index (χ2n) is 6.20. The van der Waals surface area contributed by atoms with Crippen molar-refractivity contribution in [1.82, 2.24) is 20.4 Å². The van der Waals surface area contributed by atoms with Crippen molar-refractivity contribution in [3.05, 3.63) is 0 Å². The van der Waals surface area contributed by atoms with Gasteiger partial charge in [-0.05, 0) is 38.8 Å². The fourth-order valence-corrected chi connectivity index (χ4v) is 2.69. The first-order chi connectivity index (χ1) is 9.69. The molecule has 2 aliphatic rings. The van der Waals surface area contributed by atoms with Gasteiger partial charge >= 0.3 is 0 Å². The molecule has 1 heterocycles. The van der Waals surface area contributed by atoms with Crippen molar-refractivity contribution in [3.8, 4) is 0 Å². The lowest BCUT2D eigenvalue weighted by Gasteiger charge is -2.37. The van der Waals surface area contributed by atoms with Crippen LogP contribution in [-0.2, 0) is 4.79 Å². The molecular formula is C15H30N4O. The molecule has 2 N–H and O–H groups in total. The van der Waals surface area contributed by atoms with Gasteiger partial charge in [-0.2, -0.15) is 0 Å². The van der Waals surface area contributed by atoms with E-state index in [0.29, 0.717) is 12.6 Å². The summed E-state index contributed by atoms with van der Waals surface area (Å²) in [5.41, 5.74) is 0. The zero-order valence-corrected chi connectivity index (χ0v) is 13.0. The Hall–Kier alpha value is -0.650. The second-order valence-corrected chi connectivity index (χ2v) is 6.20. The van der Waals surface area contributed by atoms with E-state index in [0.717, 1.165) is 51.7 Å². The lowest BCUT2D eigenvalue weighted by Crippen LogP contribution is -2.52. The van der Waals surface area contributed by atoms with Crippen LogP contribution in [0.4, 0.5) is 0 Å². The molecule has 0 aromatic rings. The number of hydrogen-bond donors (Lipinski definition) is 2. The predicted molar refractivity (Wildman–Crippen MR) is 81.8 cm³/mol. The van der Waals surface area contributed by atoms with E-state index >= 15 is 0 Å². The number of likely N-dealkylation sites (N-methyl/N-ethyl adjacent to an activating group) is 1. The van der Waals surface area contributed by atoms with Gasteiger partial charge in [-0.1, -0.05) is 6.92 Å². The van der Waals surface area contributed by atoms with Gasteiger partial charge in [-0.25, -0.2) is 0 Å². The molecule has 5 heteroatoms. The van der Waals surface area contributed by atoms with E-state index in [2.05, 4.69) is 34.3 Å². The number of amides is 1. The van der Waals surface area contributed by atoms with Crippen LogP contribution in [0.5, 0.6) is 0 Å². The van der Waals surface area contributed by atoms with E-state index in [1.807, 2.05) is 0 Å². The number of nitrogens with one attached hydrogen (secondary N) is 2. The average Bonchev–Trinajstić information content (AvgIpc) is 3.29. The van der Waals surface area contributed by atoms with Crippen LogP contribution in [0.15, 0.2) is 0 Å². The normalized spacial score (nSPS) is 22.7. The smallest absolute Gasteiger partial charge is 0.234 e. The van der Waals surface area contributed by atoms with Crippen LogP contribution in [0.1, 0.15) is 26.7 Å². The molecule has 0 bridgehead atoms. The van der Waals surface area contributed by atoms with Gasteiger partial charge in [0.25, 0.3) is 0 Å². The minimum Gasteiger partial charge on any atom is -0.353 e. The van der Waals surface area contributed by atoms with E-state index in [-0.39, 0.29) is 5.91 Å². The number of rotatable bonds is 8. The van der Waals surface area contributed by atoms with E-state index in [1.54, 1.807) is 0 Å². The summed E-state index contributed by atoms with van der Waals surface area (Å²) in [5.74, 6) is 0.960. The van der Waals surface area contributed by atoms with Gasteiger partial charge in [0.1, 0.15) is 0 Å². The standard InChI is InChI=1S/C15H30N4O/c1-3-18-6-8-19(9-7-18)13(2)10-17-15(20)12-16-11-14-4-5-14/h13-14,16H,3-12H2,1-2H3,(H,17,20). The number of carbonyl (C=O) groups is 1. The molecule has 0 aromatic heterocycles. The topological polar surface area (TPSA) is 47.6 Å². The molecule has 116 valence electrons. The van der Waals surface area contributed by atoms with E-state index in [1.165, 1.54) is 12.8 Å². The van der Waals surface area contributed by atoms with Crippen molar-refractivity contribution >= 4 is 5.91 Å². The SMILES string of the molecule is CCN1CCN(C(C)CNC(=O)CNCC2CC2)CC1. The van der Waals surface area contributed by atoms with Crippen molar-refractivity contribution in [2.75, 3.05) is 52.4 Å². The molecule has 1 aliphatic carbocycles. The van der Waals surface area contributed by atoms with Crippen LogP contribution in [0.2, 0.25) is 0 Å². The van der Waals surface area contributed by atoms with Gasteiger partial charge in [0.2, 0.25) is 5.91 Å². The van der Waals surface area contributed by atoms with Crippen LogP contribution >= 0.6 is 0 Å². The van der Waals surface area contributed by atoms with Gasteiger partial charge in [0.15, 0.2) is 0 Å². The minimum absolute atomic E-state index is 0.129. The molecule has 1 amide bonds. The maximum absolute atomic E-state index is 11.7. The van der Waals surface area contributed by atoms with Crippen LogP contribution in [0, 0.1) is 5.92 Å². The Balaban J connectivity index is 1.54. The third kappa shape index (κ3) is 5.38. The van der Waals surface area contributed by atoms with Gasteiger partial charge in [-0.15, -0.1) is 0 Å². The lowest BCUT2D eigenvalue weighted by atomic mass is 10.2. The molecule has 0 radical (unpaired) electrons. The summed E-state index contributed by atoms with van der Waals surface area (Å²) in [5, 5.41) is 6.27. The lowest BCUT2D eigenvalue weighted by molar-refractivity contribution is -0.120. The Morgan fingerprint density at radius 3 is 2.55 bits per heavy atom. The highest BCUT2D eigenvalue weighted by Gasteiger charge is 2.21. The zero-order valence-electron chi connectivity index (χ0n) is 13.0. The quantitative estimate of drug-likeness (QED) is 0.664. The Labute approximate surface area is 123 Å². The Morgan fingerprint density at radius 1 is 1.25 bits per heavy atom. The first-order valence-corrected chi connectivity index (χ1v) is 8.13. The van der Waals surface area contributed by atoms with Gasteiger partial charge < -0.3 is 15.5 Å². The number of hydrogen-bond acceptors (Lipinski definition) is 4. The second kappa shape index (κ2) is 7.96. The van der Waals surface area contributed by atoms with Gasteiger partial charge in [-0.3, -0.25) is 9.69 Å². The highest BCUT2D eigenvalue weighted by molar-refractivity contribution is 5.77. The predicted octanol–water partition coefficient (Wildman–Crippen LogP) is 0.128. The molecule has 20 heavy (non-hydrogen) atoms. The minimum atomic E-state index is 0.129. The van der Waals surface area contributed by atoms with Crippen molar-refractivity contribution in [2.45, 2.75) is 32.7 Å². The third-order valence-electron chi connectivity index (χ3n) is 4.49. The molecule has 1 saturated carbocycles. The Kier molecular flexibility index (Phi) is 6.26. The van der Waals surface area contributed by atoms with Gasteiger partial charge in [0, 0.05) is 38.8 Å². The van der Waals surface area contributed by atoms with Crippen molar-refractivity contribution < 1.29 is 4.79 Å². The molecular weight excluding hydrogens is 252 g/mol. The molecule has 5 nitrogen and oxygen atoms in total. The zero-order chi connectivity index (χ0) is 14.4. The van der Waals surface area contributed by atoms with E-state index in [9.17, 15) is 4.79 Å². The van der Waals surface area contributed by atoms with Crippen molar-refractivity contribution in [3.63, 3.8) is 0 Å². The van der Waals surface area contributed by atoms with Crippen LogP contribution in [-0.4, -0.2) is 74.1 Å². The summed E-state index contributed by atoms with van der Waals surface area (Å²) in [7, 11) is 0. The summed E-state index contributed by atoms with van der Waals surface area (Å²) in [6.07, 6.45) is 2.66. The largest absolute Gasteiger partial charge is 0.353 e. The summed E-state index contributed by atoms with van der Waals surface area (Å²) >= 11 is 0. The fraction of sp³-hybridized carbons (Fsp3) is 0.933.